The van der Waals surface area contributed by atoms with E-state index in [1.165, 1.54) is 0 Å². The molecule has 0 aliphatic rings. The Bertz CT molecular complexity index is 275. The number of hydrogen-bond donors (Lipinski definition) is 2. The fraction of sp³-hybridized carbons (Fsp3) is 0.333. The molecule has 3 N–H and O–H groups in total. The van der Waals surface area contributed by atoms with Gasteiger partial charge in [0.2, 0.25) is 0 Å². The van der Waals surface area contributed by atoms with Crippen LogP contribution in [0.2, 0.25) is 0 Å². The molecular weight excluding hydrogens is 218 g/mol. The maximum Gasteiger partial charge on any atom is 0.0923 e. The van der Waals surface area contributed by atoms with Gasteiger partial charge in [0.25, 0.3) is 0 Å². The molecule has 1 rings (SSSR count). The van der Waals surface area contributed by atoms with Crippen LogP contribution in [-0.4, -0.2) is 11.7 Å². The van der Waals surface area contributed by atoms with Gasteiger partial charge in [-0.25, -0.2) is 0 Å². The van der Waals surface area contributed by atoms with Gasteiger partial charge in [0, 0.05) is 11.0 Å². The molecule has 0 aromatic heterocycles. The van der Waals surface area contributed by atoms with Crippen LogP contribution in [0.15, 0.2) is 22.7 Å². The number of nitrogens with two attached hydrogens (primary N) is 1. The molecule has 12 heavy (non-hydrogen) atoms. The van der Waals surface area contributed by atoms with Crippen molar-refractivity contribution in [1.82, 2.24) is 0 Å². The zero-order valence-corrected chi connectivity index (χ0v) is 8.51. The number of aliphatic hydroxyl groups excluding tert-OH is 1. The quantitative estimate of drug-likeness (QED) is 0.812. The Labute approximate surface area is 80.5 Å². The van der Waals surface area contributed by atoms with Crippen LogP contribution in [0.1, 0.15) is 17.2 Å². The first-order chi connectivity index (χ1) is 5.65. The summed E-state index contributed by atoms with van der Waals surface area (Å²) < 4.78 is 0.917. The summed E-state index contributed by atoms with van der Waals surface area (Å²) in [7, 11) is 0. The Kier molecular flexibility index (Phi) is 3.26. The van der Waals surface area contributed by atoms with E-state index in [1.54, 1.807) is 0 Å². The number of aliphatic hydroxyl groups is 1. The molecule has 0 saturated heterocycles. The lowest BCUT2D eigenvalue weighted by Gasteiger charge is -2.10. The van der Waals surface area contributed by atoms with Crippen LogP contribution in [0.3, 0.4) is 0 Å². The molecule has 0 aliphatic carbocycles. The van der Waals surface area contributed by atoms with E-state index in [2.05, 4.69) is 15.9 Å². The van der Waals surface area contributed by atoms with Crippen LogP contribution in [0, 0.1) is 6.92 Å². The van der Waals surface area contributed by atoms with Crippen LogP contribution in [0.4, 0.5) is 0 Å². The number of halogens is 1. The van der Waals surface area contributed by atoms with Gasteiger partial charge in [0.15, 0.2) is 0 Å². The minimum Gasteiger partial charge on any atom is -0.387 e. The normalized spacial score (nSPS) is 13.0. The molecular formula is C9H12BrNO. The first kappa shape index (κ1) is 9.71. The van der Waals surface area contributed by atoms with E-state index in [-0.39, 0.29) is 6.54 Å². The van der Waals surface area contributed by atoms with Crippen LogP contribution in [-0.2, 0) is 0 Å². The van der Waals surface area contributed by atoms with E-state index in [9.17, 15) is 5.11 Å². The molecule has 0 heterocycles. The SMILES string of the molecule is Cc1ccc([C@H](O)CN)c(Br)c1. The van der Waals surface area contributed by atoms with Gasteiger partial charge < -0.3 is 10.8 Å². The Morgan fingerprint density at radius 1 is 1.58 bits per heavy atom. The number of aryl methyl sites for hydroxylation is 1. The first-order valence-electron chi connectivity index (χ1n) is 3.79. The summed E-state index contributed by atoms with van der Waals surface area (Å²) in [5, 5.41) is 9.45. The number of hydrogen-bond acceptors (Lipinski definition) is 2. The second-order valence-electron chi connectivity index (χ2n) is 2.78. The lowest BCUT2D eigenvalue weighted by atomic mass is 10.1. The smallest absolute Gasteiger partial charge is 0.0923 e. The summed E-state index contributed by atoms with van der Waals surface area (Å²) >= 11 is 3.37. The van der Waals surface area contributed by atoms with Crippen molar-refractivity contribution < 1.29 is 5.11 Å². The topological polar surface area (TPSA) is 46.2 Å². The fourth-order valence-corrected chi connectivity index (χ4v) is 1.79. The summed E-state index contributed by atoms with van der Waals surface area (Å²) in [5.41, 5.74) is 7.35. The minimum absolute atomic E-state index is 0.252. The summed E-state index contributed by atoms with van der Waals surface area (Å²) in [6.45, 7) is 2.25. The van der Waals surface area contributed by atoms with Gasteiger partial charge in [-0.2, -0.15) is 0 Å². The standard InChI is InChI=1S/C9H12BrNO/c1-6-2-3-7(8(10)4-6)9(12)5-11/h2-4,9,12H,5,11H2,1H3/t9-/m1/s1. The maximum atomic E-state index is 9.45. The molecule has 1 atom stereocenters. The second kappa shape index (κ2) is 4.03. The van der Waals surface area contributed by atoms with Gasteiger partial charge in [-0.3, -0.25) is 0 Å². The zero-order chi connectivity index (χ0) is 9.14. The average molecular weight is 230 g/mol. The van der Waals surface area contributed by atoms with E-state index in [0.29, 0.717) is 0 Å². The summed E-state index contributed by atoms with van der Waals surface area (Å²) in [6, 6.07) is 5.81. The average Bonchev–Trinajstić information content (AvgIpc) is 2.03. The van der Waals surface area contributed by atoms with Gasteiger partial charge >= 0.3 is 0 Å². The van der Waals surface area contributed by atoms with Crippen molar-refractivity contribution in [3.05, 3.63) is 33.8 Å². The lowest BCUT2D eigenvalue weighted by Crippen LogP contribution is -2.11. The molecule has 0 radical (unpaired) electrons. The maximum absolute atomic E-state index is 9.45. The Balaban J connectivity index is 3.01. The van der Waals surface area contributed by atoms with Crippen LogP contribution < -0.4 is 5.73 Å². The highest BCUT2D eigenvalue weighted by molar-refractivity contribution is 9.10. The third kappa shape index (κ3) is 2.06. The molecule has 1 aromatic carbocycles. The molecule has 3 heteroatoms. The van der Waals surface area contributed by atoms with Crippen molar-refractivity contribution in [3.63, 3.8) is 0 Å². The predicted octanol–water partition coefficient (Wildman–Crippen LogP) is 1.75. The Morgan fingerprint density at radius 3 is 2.75 bits per heavy atom. The second-order valence-corrected chi connectivity index (χ2v) is 3.63. The molecule has 66 valence electrons. The molecule has 0 amide bonds. The third-order valence-corrected chi connectivity index (χ3v) is 2.42. The van der Waals surface area contributed by atoms with Gasteiger partial charge in [-0.1, -0.05) is 28.1 Å². The monoisotopic (exact) mass is 229 g/mol. The van der Waals surface area contributed by atoms with Crippen molar-refractivity contribution in [2.24, 2.45) is 5.73 Å². The van der Waals surface area contributed by atoms with Crippen molar-refractivity contribution in [2.45, 2.75) is 13.0 Å². The predicted molar refractivity (Wildman–Crippen MR) is 52.9 cm³/mol. The molecule has 0 unspecified atom stereocenters. The molecule has 0 aliphatic heterocycles. The largest absolute Gasteiger partial charge is 0.387 e. The molecule has 0 bridgehead atoms. The lowest BCUT2D eigenvalue weighted by molar-refractivity contribution is 0.186. The number of benzene rings is 1. The highest BCUT2D eigenvalue weighted by Crippen LogP contribution is 2.23. The zero-order valence-electron chi connectivity index (χ0n) is 6.92. The molecule has 0 spiro atoms. The van der Waals surface area contributed by atoms with Crippen LogP contribution in [0.25, 0.3) is 0 Å². The van der Waals surface area contributed by atoms with E-state index in [0.717, 1.165) is 15.6 Å². The van der Waals surface area contributed by atoms with E-state index >= 15 is 0 Å². The molecule has 2 nitrogen and oxygen atoms in total. The summed E-state index contributed by atoms with van der Waals surface area (Å²) in [6.07, 6.45) is -0.569. The third-order valence-electron chi connectivity index (χ3n) is 1.74. The Hall–Kier alpha value is -0.380. The van der Waals surface area contributed by atoms with Gasteiger partial charge in [0.05, 0.1) is 6.10 Å². The molecule has 1 aromatic rings. The van der Waals surface area contributed by atoms with Crippen LogP contribution >= 0.6 is 15.9 Å². The molecule has 0 fully saturated rings. The van der Waals surface area contributed by atoms with Crippen molar-refractivity contribution in [1.29, 1.82) is 0 Å². The van der Waals surface area contributed by atoms with Crippen molar-refractivity contribution >= 4 is 15.9 Å². The van der Waals surface area contributed by atoms with E-state index in [4.69, 9.17) is 5.73 Å². The van der Waals surface area contributed by atoms with E-state index in [1.807, 2.05) is 25.1 Å². The van der Waals surface area contributed by atoms with E-state index < -0.39 is 6.10 Å². The first-order valence-corrected chi connectivity index (χ1v) is 4.58. The fourth-order valence-electron chi connectivity index (χ4n) is 1.03. The molecule has 0 saturated carbocycles. The van der Waals surface area contributed by atoms with Gasteiger partial charge in [0.1, 0.15) is 0 Å². The van der Waals surface area contributed by atoms with Gasteiger partial charge in [-0.05, 0) is 24.1 Å². The summed E-state index contributed by atoms with van der Waals surface area (Å²) in [4.78, 5) is 0. The summed E-state index contributed by atoms with van der Waals surface area (Å²) in [5.74, 6) is 0. The highest BCUT2D eigenvalue weighted by atomic mass is 79.9. The minimum atomic E-state index is -0.569. The Morgan fingerprint density at radius 2 is 2.25 bits per heavy atom. The van der Waals surface area contributed by atoms with Gasteiger partial charge in [-0.15, -0.1) is 0 Å². The van der Waals surface area contributed by atoms with Crippen molar-refractivity contribution in [2.75, 3.05) is 6.54 Å². The van der Waals surface area contributed by atoms with Crippen molar-refractivity contribution in [3.8, 4) is 0 Å². The highest BCUT2D eigenvalue weighted by Gasteiger charge is 2.08. The van der Waals surface area contributed by atoms with Crippen LogP contribution in [0.5, 0.6) is 0 Å². The number of rotatable bonds is 2.